The van der Waals surface area contributed by atoms with Gasteiger partial charge in [-0.05, 0) is 44.3 Å². The zero-order valence-electron chi connectivity index (χ0n) is 11.8. The lowest BCUT2D eigenvalue weighted by molar-refractivity contribution is 0.459. The van der Waals surface area contributed by atoms with Crippen LogP contribution in [0.1, 0.15) is 24.3 Å². The van der Waals surface area contributed by atoms with Crippen LogP contribution in [0.15, 0.2) is 45.9 Å². The fourth-order valence-electron chi connectivity index (χ4n) is 1.94. The minimum absolute atomic E-state index is 0.0209. The second-order valence-corrected chi connectivity index (χ2v) is 6.36. The summed E-state index contributed by atoms with van der Waals surface area (Å²) in [5, 5.41) is 2.80. The molecule has 0 bridgehead atoms. The fourth-order valence-corrected chi connectivity index (χ4v) is 3.20. The van der Waals surface area contributed by atoms with E-state index in [4.69, 9.17) is 4.42 Å². The fraction of sp³-hybridized carbons (Fsp3) is 0.286. The van der Waals surface area contributed by atoms with E-state index in [1.54, 1.807) is 26.1 Å². The van der Waals surface area contributed by atoms with E-state index in [1.165, 1.54) is 18.4 Å². The zero-order chi connectivity index (χ0) is 15.5. The predicted octanol–water partition coefficient (Wildman–Crippen LogP) is 2.18. The highest BCUT2D eigenvalue weighted by Gasteiger charge is 2.20. The van der Waals surface area contributed by atoms with Crippen molar-refractivity contribution in [2.24, 2.45) is 0 Å². The summed E-state index contributed by atoms with van der Waals surface area (Å²) in [6, 6.07) is 6.57. The highest BCUT2D eigenvalue weighted by molar-refractivity contribution is 7.89. The molecule has 0 saturated carbocycles. The van der Waals surface area contributed by atoms with Crippen LogP contribution in [0.25, 0.3) is 0 Å². The van der Waals surface area contributed by atoms with Crippen LogP contribution in [0.3, 0.4) is 0 Å². The van der Waals surface area contributed by atoms with Crippen molar-refractivity contribution in [3.05, 3.63) is 53.7 Å². The number of halogens is 1. The number of sulfonamides is 1. The van der Waals surface area contributed by atoms with Crippen molar-refractivity contribution in [1.82, 2.24) is 10.0 Å². The summed E-state index contributed by atoms with van der Waals surface area (Å²) in [5.41, 5.74) is 0.297. The van der Waals surface area contributed by atoms with Crippen molar-refractivity contribution < 1.29 is 17.2 Å². The van der Waals surface area contributed by atoms with Gasteiger partial charge in [0.05, 0.1) is 17.2 Å². The predicted molar refractivity (Wildman–Crippen MR) is 76.6 cm³/mol. The summed E-state index contributed by atoms with van der Waals surface area (Å²) in [4.78, 5) is 0.0209. The first-order valence-corrected chi connectivity index (χ1v) is 7.91. The smallest absolute Gasteiger partial charge is 0.241 e. The summed E-state index contributed by atoms with van der Waals surface area (Å²) >= 11 is 0. The standard InChI is InChI=1S/C14H17FN2O3S/c1-10(14-4-3-7-20-14)17-21(18,19)12-5-6-13(15)11(8-12)9-16-2/h3-8,10,16-17H,9H2,1-2H3. The molecule has 0 aliphatic heterocycles. The molecule has 2 N–H and O–H groups in total. The van der Waals surface area contributed by atoms with Gasteiger partial charge >= 0.3 is 0 Å². The first kappa shape index (κ1) is 15.7. The van der Waals surface area contributed by atoms with Crippen molar-refractivity contribution in [3.63, 3.8) is 0 Å². The molecule has 0 fully saturated rings. The Bertz CT molecular complexity index is 699. The lowest BCUT2D eigenvalue weighted by atomic mass is 10.2. The monoisotopic (exact) mass is 312 g/mol. The number of benzene rings is 1. The quantitative estimate of drug-likeness (QED) is 0.857. The van der Waals surface area contributed by atoms with E-state index in [0.717, 1.165) is 6.07 Å². The molecule has 1 atom stereocenters. The summed E-state index contributed by atoms with van der Waals surface area (Å²) < 4.78 is 45.8. The topological polar surface area (TPSA) is 71.3 Å². The van der Waals surface area contributed by atoms with E-state index in [-0.39, 0.29) is 11.4 Å². The maximum Gasteiger partial charge on any atom is 0.241 e. The zero-order valence-corrected chi connectivity index (χ0v) is 12.6. The van der Waals surface area contributed by atoms with E-state index < -0.39 is 21.9 Å². The number of rotatable bonds is 6. The van der Waals surface area contributed by atoms with Gasteiger partial charge in [-0.25, -0.2) is 17.5 Å². The molecular formula is C14H17FN2O3S. The average molecular weight is 312 g/mol. The van der Waals surface area contributed by atoms with E-state index in [9.17, 15) is 12.8 Å². The van der Waals surface area contributed by atoms with Crippen LogP contribution in [0.4, 0.5) is 4.39 Å². The maximum absolute atomic E-state index is 13.6. The molecule has 0 spiro atoms. The Hall–Kier alpha value is -1.70. The lowest BCUT2D eigenvalue weighted by Gasteiger charge is -2.13. The Morgan fingerprint density at radius 1 is 1.33 bits per heavy atom. The second kappa shape index (κ2) is 6.38. The van der Waals surface area contributed by atoms with Crippen LogP contribution < -0.4 is 10.0 Å². The van der Waals surface area contributed by atoms with Gasteiger partial charge < -0.3 is 9.73 Å². The molecule has 1 aromatic heterocycles. The minimum Gasteiger partial charge on any atom is -0.468 e. The van der Waals surface area contributed by atoms with Crippen molar-refractivity contribution in [1.29, 1.82) is 0 Å². The molecule has 1 aromatic carbocycles. The Balaban J connectivity index is 2.25. The summed E-state index contributed by atoms with van der Waals surface area (Å²) in [6.07, 6.45) is 1.48. The highest BCUT2D eigenvalue weighted by atomic mass is 32.2. The molecule has 0 amide bonds. The normalized spacial score (nSPS) is 13.3. The van der Waals surface area contributed by atoms with E-state index in [0.29, 0.717) is 11.3 Å². The number of furan rings is 1. The molecule has 0 aliphatic rings. The van der Waals surface area contributed by atoms with Gasteiger partial charge in [0.15, 0.2) is 0 Å². The van der Waals surface area contributed by atoms with Crippen LogP contribution >= 0.6 is 0 Å². The molecule has 2 aromatic rings. The number of hydrogen-bond donors (Lipinski definition) is 2. The SMILES string of the molecule is CNCc1cc(S(=O)(=O)NC(C)c2ccco2)ccc1F. The molecule has 21 heavy (non-hydrogen) atoms. The molecule has 0 saturated heterocycles. The van der Waals surface area contributed by atoms with Crippen LogP contribution in [0, 0.1) is 5.82 Å². The minimum atomic E-state index is -3.75. The number of nitrogens with one attached hydrogen (secondary N) is 2. The third-order valence-electron chi connectivity index (χ3n) is 3.00. The van der Waals surface area contributed by atoms with Gasteiger partial charge in [0.2, 0.25) is 10.0 Å². The van der Waals surface area contributed by atoms with Crippen molar-refractivity contribution in [2.75, 3.05) is 7.05 Å². The Labute approximate surface area is 123 Å². The molecule has 0 aliphatic carbocycles. The molecule has 114 valence electrons. The van der Waals surface area contributed by atoms with Gasteiger partial charge in [0.1, 0.15) is 11.6 Å². The van der Waals surface area contributed by atoms with Gasteiger partial charge in [0.25, 0.3) is 0 Å². The molecule has 1 heterocycles. The van der Waals surface area contributed by atoms with Gasteiger partial charge in [-0.15, -0.1) is 0 Å². The Morgan fingerprint density at radius 2 is 2.10 bits per heavy atom. The first-order valence-electron chi connectivity index (χ1n) is 6.43. The van der Waals surface area contributed by atoms with E-state index in [1.807, 2.05) is 0 Å². The van der Waals surface area contributed by atoms with E-state index >= 15 is 0 Å². The second-order valence-electron chi connectivity index (χ2n) is 4.64. The third kappa shape index (κ3) is 3.69. The molecule has 2 rings (SSSR count). The Kier molecular flexibility index (Phi) is 4.76. The number of hydrogen-bond acceptors (Lipinski definition) is 4. The summed E-state index contributed by atoms with van der Waals surface area (Å²) in [6.45, 7) is 1.93. The van der Waals surface area contributed by atoms with Crippen molar-refractivity contribution >= 4 is 10.0 Å². The molecule has 7 heteroatoms. The van der Waals surface area contributed by atoms with Gasteiger partial charge in [-0.2, -0.15) is 0 Å². The van der Waals surface area contributed by atoms with Gasteiger partial charge in [-0.3, -0.25) is 0 Å². The summed E-state index contributed by atoms with van der Waals surface area (Å²) in [7, 11) is -2.08. The van der Waals surface area contributed by atoms with Crippen LogP contribution in [-0.2, 0) is 16.6 Å². The largest absolute Gasteiger partial charge is 0.468 e. The van der Waals surface area contributed by atoms with Gasteiger partial charge in [-0.1, -0.05) is 0 Å². The van der Waals surface area contributed by atoms with Crippen molar-refractivity contribution in [3.8, 4) is 0 Å². The lowest BCUT2D eigenvalue weighted by Crippen LogP contribution is -2.27. The first-order chi connectivity index (χ1) is 9.94. The third-order valence-corrected chi connectivity index (χ3v) is 4.53. The van der Waals surface area contributed by atoms with Crippen LogP contribution in [0.5, 0.6) is 0 Å². The van der Waals surface area contributed by atoms with Crippen molar-refractivity contribution in [2.45, 2.75) is 24.4 Å². The van der Waals surface area contributed by atoms with Crippen LogP contribution in [0.2, 0.25) is 0 Å². The Morgan fingerprint density at radius 3 is 2.71 bits per heavy atom. The molecular weight excluding hydrogens is 295 g/mol. The molecule has 1 unspecified atom stereocenters. The molecule has 5 nitrogen and oxygen atoms in total. The highest BCUT2D eigenvalue weighted by Crippen LogP contribution is 2.19. The molecule has 0 radical (unpaired) electrons. The summed E-state index contributed by atoms with van der Waals surface area (Å²) in [5.74, 6) is 0.0681. The van der Waals surface area contributed by atoms with Gasteiger partial charge in [0, 0.05) is 12.1 Å². The van der Waals surface area contributed by atoms with Crippen LogP contribution in [-0.4, -0.2) is 15.5 Å². The maximum atomic E-state index is 13.6. The average Bonchev–Trinajstić information content (AvgIpc) is 2.95. The van der Waals surface area contributed by atoms with E-state index in [2.05, 4.69) is 10.0 Å².